The molecule has 23 heavy (non-hydrogen) atoms. The van der Waals surface area contributed by atoms with E-state index in [1.54, 1.807) is 26.0 Å². The summed E-state index contributed by atoms with van der Waals surface area (Å²) in [6, 6.07) is 3.94. The first-order chi connectivity index (χ1) is 10.9. The van der Waals surface area contributed by atoms with Crippen LogP contribution in [0.4, 0.5) is 5.69 Å². The predicted molar refractivity (Wildman–Crippen MR) is 85.2 cm³/mol. The van der Waals surface area contributed by atoms with E-state index >= 15 is 0 Å². The van der Waals surface area contributed by atoms with Gasteiger partial charge in [0.2, 0.25) is 0 Å². The Kier molecular flexibility index (Phi) is 5.26. The number of hydrogen-bond acceptors (Lipinski definition) is 5. The first-order valence-electron chi connectivity index (χ1n) is 7.25. The van der Waals surface area contributed by atoms with Crippen LogP contribution >= 0.6 is 11.6 Å². The lowest BCUT2D eigenvalue weighted by Gasteiger charge is -2.36. The summed E-state index contributed by atoms with van der Waals surface area (Å²) in [6.07, 6.45) is -0.353. The Morgan fingerprint density at radius 1 is 1.43 bits per heavy atom. The Labute approximate surface area is 139 Å². The highest BCUT2D eigenvalue weighted by Crippen LogP contribution is 2.37. The van der Waals surface area contributed by atoms with Crippen LogP contribution in [0.2, 0.25) is 0 Å². The van der Waals surface area contributed by atoms with Gasteiger partial charge in [-0.1, -0.05) is 6.92 Å². The number of esters is 1. The smallest absolute Gasteiger partial charge is 0.328 e. The Morgan fingerprint density at radius 2 is 2.13 bits per heavy atom. The summed E-state index contributed by atoms with van der Waals surface area (Å²) in [4.78, 5) is 37.7. The van der Waals surface area contributed by atoms with E-state index in [9.17, 15) is 14.4 Å². The molecule has 2 unspecified atom stereocenters. The van der Waals surface area contributed by atoms with Gasteiger partial charge >= 0.3 is 5.97 Å². The first kappa shape index (κ1) is 17.3. The third-order valence-corrected chi connectivity index (χ3v) is 3.97. The average molecular weight is 340 g/mol. The van der Waals surface area contributed by atoms with Crippen LogP contribution in [-0.4, -0.2) is 42.8 Å². The Morgan fingerprint density at radius 3 is 2.70 bits per heavy atom. The molecule has 1 aromatic carbocycles. The first-order valence-corrected chi connectivity index (χ1v) is 7.78. The van der Waals surface area contributed by atoms with Crippen LogP contribution in [0.25, 0.3) is 0 Å². The molecule has 0 fully saturated rings. The molecule has 2 atom stereocenters. The number of amides is 1. The fraction of sp³-hybridized carbons (Fsp3) is 0.438. The van der Waals surface area contributed by atoms with Crippen molar-refractivity contribution in [1.82, 2.24) is 0 Å². The minimum atomic E-state index is -0.779. The van der Waals surface area contributed by atoms with E-state index in [2.05, 4.69) is 0 Å². The molecule has 0 saturated carbocycles. The summed E-state index contributed by atoms with van der Waals surface area (Å²) in [5, 5.41) is 0. The number of fused-ring (bicyclic) bond motifs is 1. The predicted octanol–water partition coefficient (Wildman–Crippen LogP) is 2.17. The van der Waals surface area contributed by atoms with Crippen molar-refractivity contribution in [2.75, 3.05) is 17.9 Å². The molecule has 1 amide bonds. The van der Waals surface area contributed by atoms with Gasteiger partial charge in [-0.2, -0.15) is 0 Å². The fourth-order valence-corrected chi connectivity index (χ4v) is 2.68. The molecule has 124 valence electrons. The number of carbonyl (C=O) groups is 3. The number of ether oxygens (including phenoxy) is 2. The van der Waals surface area contributed by atoms with E-state index in [0.717, 1.165) is 0 Å². The molecule has 0 radical (unpaired) electrons. The van der Waals surface area contributed by atoms with Gasteiger partial charge < -0.3 is 9.47 Å². The molecular formula is C16H18ClNO5. The molecule has 1 aliphatic rings. The number of rotatable bonds is 5. The van der Waals surface area contributed by atoms with Gasteiger partial charge in [-0.25, -0.2) is 4.79 Å². The molecule has 0 aliphatic carbocycles. The highest BCUT2D eigenvalue weighted by Gasteiger charge is 2.39. The topological polar surface area (TPSA) is 72.9 Å². The summed E-state index contributed by atoms with van der Waals surface area (Å²) in [6.45, 7) is 3.39. The van der Waals surface area contributed by atoms with Crippen molar-refractivity contribution in [1.29, 1.82) is 0 Å². The van der Waals surface area contributed by atoms with Crippen molar-refractivity contribution in [2.45, 2.75) is 32.4 Å². The molecule has 2 rings (SSSR count). The molecule has 0 saturated heterocycles. The number of carbonyl (C=O) groups excluding carboxylic acids is 3. The summed E-state index contributed by atoms with van der Waals surface area (Å²) >= 11 is 5.59. The quantitative estimate of drug-likeness (QED) is 0.467. The number of alkyl halides is 1. The summed E-state index contributed by atoms with van der Waals surface area (Å²) in [5.74, 6) is -0.879. The van der Waals surface area contributed by atoms with E-state index in [0.29, 0.717) is 23.4 Å². The van der Waals surface area contributed by atoms with Gasteiger partial charge in [0.25, 0.3) is 5.91 Å². The number of anilines is 1. The largest absolute Gasteiger partial charge is 0.479 e. The highest BCUT2D eigenvalue weighted by atomic mass is 35.5. The lowest BCUT2D eigenvalue weighted by Crippen LogP contribution is -2.52. The number of ketones is 1. The van der Waals surface area contributed by atoms with Gasteiger partial charge in [-0.05, 0) is 31.5 Å². The molecule has 1 aromatic rings. The van der Waals surface area contributed by atoms with Crippen molar-refractivity contribution in [3.05, 3.63) is 23.8 Å². The molecule has 0 bridgehead atoms. The maximum absolute atomic E-state index is 12.5. The fourth-order valence-electron chi connectivity index (χ4n) is 2.52. The standard InChI is InChI=1S/C16H18ClNO5/c1-4-11(16(21)22-3)18-12-7-10(13(19)8-17)5-6-14(12)23-9(2)15(18)20/h5-7,9,11H,4,8H2,1-3H3. The molecule has 1 aliphatic heterocycles. The second-order valence-electron chi connectivity index (χ2n) is 5.15. The second-order valence-corrected chi connectivity index (χ2v) is 5.42. The lowest BCUT2D eigenvalue weighted by atomic mass is 10.0. The number of hydrogen-bond donors (Lipinski definition) is 0. The minimum absolute atomic E-state index is 0.168. The Hall–Kier alpha value is -2.08. The van der Waals surface area contributed by atoms with Gasteiger partial charge in [0.05, 0.1) is 18.7 Å². The van der Waals surface area contributed by atoms with E-state index < -0.39 is 18.1 Å². The average Bonchev–Trinajstić information content (AvgIpc) is 2.57. The van der Waals surface area contributed by atoms with Crippen molar-refractivity contribution in [2.24, 2.45) is 0 Å². The van der Waals surface area contributed by atoms with Gasteiger partial charge in [-0.3, -0.25) is 14.5 Å². The van der Waals surface area contributed by atoms with Crippen LogP contribution in [-0.2, 0) is 14.3 Å². The van der Waals surface area contributed by atoms with Crippen LogP contribution in [0.3, 0.4) is 0 Å². The van der Waals surface area contributed by atoms with Crippen LogP contribution in [0.5, 0.6) is 5.75 Å². The van der Waals surface area contributed by atoms with Gasteiger partial charge in [-0.15, -0.1) is 11.6 Å². The van der Waals surface area contributed by atoms with Crippen molar-refractivity contribution >= 4 is 34.9 Å². The monoisotopic (exact) mass is 339 g/mol. The Bertz CT molecular complexity index is 645. The van der Waals surface area contributed by atoms with Crippen LogP contribution in [0.1, 0.15) is 30.6 Å². The molecule has 1 heterocycles. The Balaban J connectivity index is 2.56. The number of benzene rings is 1. The SMILES string of the molecule is CCC(C(=O)OC)N1C(=O)C(C)Oc2ccc(C(=O)CCl)cc21. The molecular weight excluding hydrogens is 322 g/mol. The summed E-state index contributed by atoms with van der Waals surface area (Å²) in [5.41, 5.74) is 0.732. The normalized spacial score (nSPS) is 18.0. The number of nitrogens with zero attached hydrogens (tertiary/aromatic N) is 1. The molecule has 0 spiro atoms. The van der Waals surface area contributed by atoms with E-state index in [1.807, 2.05) is 0 Å². The number of Topliss-reactive ketones (excluding diaryl/α,β-unsaturated/α-hetero) is 1. The number of methoxy groups -OCH3 is 1. The van der Waals surface area contributed by atoms with Crippen molar-refractivity contribution < 1.29 is 23.9 Å². The third kappa shape index (κ3) is 3.17. The van der Waals surface area contributed by atoms with E-state index in [-0.39, 0.29) is 17.6 Å². The number of halogens is 1. The second kappa shape index (κ2) is 7.00. The molecule has 0 aromatic heterocycles. The van der Waals surface area contributed by atoms with E-state index in [1.165, 1.54) is 18.1 Å². The zero-order valence-electron chi connectivity index (χ0n) is 13.2. The van der Waals surface area contributed by atoms with Crippen LogP contribution in [0, 0.1) is 0 Å². The van der Waals surface area contributed by atoms with Crippen molar-refractivity contribution in [3.8, 4) is 5.75 Å². The minimum Gasteiger partial charge on any atom is -0.479 e. The lowest BCUT2D eigenvalue weighted by molar-refractivity contribution is -0.144. The molecule has 7 heteroatoms. The van der Waals surface area contributed by atoms with Crippen LogP contribution in [0.15, 0.2) is 18.2 Å². The maximum atomic E-state index is 12.5. The molecule has 6 nitrogen and oxygen atoms in total. The van der Waals surface area contributed by atoms with Crippen molar-refractivity contribution in [3.63, 3.8) is 0 Å². The molecule has 0 N–H and O–H groups in total. The maximum Gasteiger partial charge on any atom is 0.328 e. The van der Waals surface area contributed by atoms with Gasteiger partial charge in [0.15, 0.2) is 11.9 Å². The van der Waals surface area contributed by atoms with E-state index in [4.69, 9.17) is 21.1 Å². The summed E-state index contributed by atoms with van der Waals surface area (Å²) < 4.78 is 10.4. The zero-order valence-corrected chi connectivity index (χ0v) is 13.9. The summed E-state index contributed by atoms with van der Waals surface area (Å²) in [7, 11) is 1.27. The van der Waals surface area contributed by atoms with Crippen LogP contribution < -0.4 is 9.64 Å². The van der Waals surface area contributed by atoms with Gasteiger partial charge in [0, 0.05) is 5.56 Å². The highest BCUT2D eigenvalue weighted by molar-refractivity contribution is 6.30. The van der Waals surface area contributed by atoms with Gasteiger partial charge in [0.1, 0.15) is 11.8 Å². The zero-order chi connectivity index (χ0) is 17.1. The third-order valence-electron chi connectivity index (χ3n) is 3.72.